The van der Waals surface area contributed by atoms with E-state index in [1.807, 2.05) is 12.1 Å². The number of aliphatic hydroxyl groups is 1. The Morgan fingerprint density at radius 3 is 3.00 bits per heavy atom. The van der Waals surface area contributed by atoms with E-state index in [9.17, 15) is 9.90 Å². The molecule has 2 amide bonds. The Labute approximate surface area is 131 Å². The smallest absolute Gasteiger partial charge is 0.321 e. The van der Waals surface area contributed by atoms with Gasteiger partial charge in [0.15, 0.2) is 0 Å². The Balaban J connectivity index is 1.60. The highest BCUT2D eigenvalue weighted by Crippen LogP contribution is 2.30. The van der Waals surface area contributed by atoms with Crippen LogP contribution in [0.25, 0.3) is 0 Å². The molecule has 2 unspecified atom stereocenters. The summed E-state index contributed by atoms with van der Waals surface area (Å²) in [7, 11) is 3.87. The molecule has 2 atom stereocenters. The fourth-order valence-corrected chi connectivity index (χ4v) is 3.50. The highest BCUT2D eigenvalue weighted by molar-refractivity contribution is 5.90. The van der Waals surface area contributed by atoms with E-state index in [0.29, 0.717) is 6.54 Å². The summed E-state index contributed by atoms with van der Waals surface area (Å²) >= 11 is 0. The van der Waals surface area contributed by atoms with Crippen LogP contribution in [0.1, 0.15) is 24.8 Å². The molecule has 2 N–H and O–H groups in total. The van der Waals surface area contributed by atoms with Crippen LogP contribution in [0.5, 0.6) is 0 Å². The second-order valence-electron chi connectivity index (χ2n) is 6.58. The van der Waals surface area contributed by atoms with E-state index >= 15 is 0 Å². The van der Waals surface area contributed by atoms with Crippen LogP contribution in [0.15, 0.2) is 18.2 Å². The van der Waals surface area contributed by atoms with Crippen LogP contribution in [0.3, 0.4) is 0 Å². The minimum Gasteiger partial charge on any atom is -0.393 e. The maximum absolute atomic E-state index is 12.3. The highest BCUT2D eigenvalue weighted by atomic mass is 16.3. The molecule has 0 saturated heterocycles. The fourth-order valence-electron chi connectivity index (χ4n) is 3.50. The Hall–Kier alpha value is -1.75. The number of rotatable bonds is 3. The van der Waals surface area contributed by atoms with Crippen molar-refractivity contribution in [2.45, 2.75) is 31.8 Å². The third kappa shape index (κ3) is 3.04. The first-order valence-electron chi connectivity index (χ1n) is 8.09. The third-order valence-electron chi connectivity index (χ3n) is 4.94. The third-order valence-corrected chi connectivity index (χ3v) is 4.94. The molecular weight excluding hydrogens is 278 g/mol. The number of likely N-dealkylation sites (N-methyl/N-ethyl adjacent to an activating group) is 1. The highest BCUT2D eigenvalue weighted by Gasteiger charge is 2.27. The second-order valence-corrected chi connectivity index (χ2v) is 6.58. The van der Waals surface area contributed by atoms with Gasteiger partial charge in [-0.25, -0.2) is 4.79 Å². The molecule has 1 heterocycles. The lowest BCUT2D eigenvalue weighted by molar-refractivity contribution is 0.116. The number of amides is 2. The number of aliphatic hydroxyl groups excluding tert-OH is 1. The van der Waals surface area contributed by atoms with Gasteiger partial charge in [0.25, 0.3) is 0 Å². The molecule has 22 heavy (non-hydrogen) atoms. The van der Waals surface area contributed by atoms with Gasteiger partial charge < -0.3 is 20.2 Å². The van der Waals surface area contributed by atoms with Gasteiger partial charge in [-0.05, 0) is 37.0 Å². The second kappa shape index (κ2) is 6.16. The van der Waals surface area contributed by atoms with Crippen molar-refractivity contribution in [3.63, 3.8) is 0 Å². The SMILES string of the molecule is CN(CC1CCCC1O)C(=O)Nc1ccc2c(c1)N(C)CC2. The molecule has 0 aromatic heterocycles. The summed E-state index contributed by atoms with van der Waals surface area (Å²) in [4.78, 5) is 16.2. The van der Waals surface area contributed by atoms with E-state index in [1.165, 1.54) is 11.3 Å². The number of benzene rings is 1. The summed E-state index contributed by atoms with van der Waals surface area (Å²) in [5.41, 5.74) is 3.37. The summed E-state index contributed by atoms with van der Waals surface area (Å²) in [6.45, 7) is 1.64. The van der Waals surface area contributed by atoms with E-state index in [-0.39, 0.29) is 18.1 Å². The topological polar surface area (TPSA) is 55.8 Å². The Morgan fingerprint density at radius 2 is 2.27 bits per heavy atom. The van der Waals surface area contributed by atoms with Gasteiger partial charge in [-0.3, -0.25) is 0 Å². The van der Waals surface area contributed by atoms with Crippen molar-refractivity contribution in [3.05, 3.63) is 23.8 Å². The van der Waals surface area contributed by atoms with Gasteiger partial charge in [0.05, 0.1) is 6.10 Å². The van der Waals surface area contributed by atoms with Crippen LogP contribution in [0.2, 0.25) is 0 Å². The molecule has 1 aromatic rings. The average molecular weight is 303 g/mol. The molecule has 0 bridgehead atoms. The zero-order chi connectivity index (χ0) is 15.7. The van der Waals surface area contributed by atoms with Crippen molar-refractivity contribution in [1.29, 1.82) is 0 Å². The number of hydrogen-bond acceptors (Lipinski definition) is 3. The molecular formula is C17H25N3O2. The van der Waals surface area contributed by atoms with Crippen molar-refractivity contribution in [1.82, 2.24) is 4.90 Å². The maximum Gasteiger partial charge on any atom is 0.321 e. The average Bonchev–Trinajstić information content (AvgIpc) is 3.06. The molecule has 1 aliphatic heterocycles. The number of anilines is 2. The van der Waals surface area contributed by atoms with Crippen LogP contribution in [0.4, 0.5) is 16.2 Å². The van der Waals surface area contributed by atoms with Crippen molar-refractivity contribution in [2.75, 3.05) is 37.4 Å². The zero-order valence-corrected chi connectivity index (χ0v) is 13.4. The summed E-state index contributed by atoms with van der Waals surface area (Å²) in [6.07, 6.45) is 3.72. The van der Waals surface area contributed by atoms with Gasteiger partial charge in [0, 0.05) is 44.5 Å². The molecule has 5 nitrogen and oxygen atoms in total. The number of nitrogens with zero attached hydrogens (tertiary/aromatic N) is 2. The van der Waals surface area contributed by atoms with Crippen molar-refractivity contribution in [2.24, 2.45) is 5.92 Å². The number of hydrogen-bond donors (Lipinski definition) is 2. The van der Waals surface area contributed by atoms with Gasteiger partial charge >= 0.3 is 6.03 Å². The summed E-state index contributed by atoms with van der Waals surface area (Å²) in [5, 5.41) is 12.8. The van der Waals surface area contributed by atoms with Crippen LogP contribution in [-0.4, -0.2) is 49.3 Å². The van der Waals surface area contributed by atoms with E-state index in [1.54, 1.807) is 11.9 Å². The quantitative estimate of drug-likeness (QED) is 0.901. The van der Waals surface area contributed by atoms with E-state index in [4.69, 9.17) is 0 Å². The van der Waals surface area contributed by atoms with E-state index in [0.717, 1.165) is 37.9 Å². The number of carbonyl (C=O) groups is 1. The fraction of sp³-hybridized carbons (Fsp3) is 0.588. The molecule has 5 heteroatoms. The monoisotopic (exact) mass is 303 g/mol. The first-order chi connectivity index (χ1) is 10.5. The summed E-state index contributed by atoms with van der Waals surface area (Å²) in [6, 6.07) is 5.99. The van der Waals surface area contributed by atoms with Gasteiger partial charge in [-0.1, -0.05) is 12.5 Å². The maximum atomic E-state index is 12.3. The predicted molar refractivity (Wildman–Crippen MR) is 88.4 cm³/mol. The number of urea groups is 1. The van der Waals surface area contributed by atoms with Crippen molar-refractivity contribution in [3.8, 4) is 0 Å². The zero-order valence-electron chi connectivity index (χ0n) is 13.4. The number of carbonyl (C=O) groups excluding carboxylic acids is 1. The molecule has 2 aliphatic rings. The molecule has 120 valence electrons. The molecule has 0 radical (unpaired) electrons. The van der Waals surface area contributed by atoms with Gasteiger partial charge in [-0.2, -0.15) is 0 Å². The predicted octanol–water partition coefficient (Wildman–Crippen LogP) is 2.30. The lowest BCUT2D eigenvalue weighted by Crippen LogP contribution is -2.37. The van der Waals surface area contributed by atoms with E-state index < -0.39 is 0 Å². The molecule has 0 spiro atoms. The summed E-state index contributed by atoms with van der Waals surface area (Å²) in [5.74, 6) is 0.210. The Bertz CT molecular complexity index is 561. The van der Waals surface area contributed by atoms with Gasteiger partial charge in [0.1, 0.15) is 0 Å². The normalized spacial score (nSPS) is 23.5. The minimum absolute atomic E-state index is 0.111. The first kappa shape index (κ1) is 15.2. The molecule has 1 aliphatic carbocycles. The standard InChI is InChI=1S/C17H25N3O2/c1-19-9-8-12-6-7-14(10-15(12)19)18-17(22)20(2)11-13-4-3-5-16(13)21/h6-7,10,13,16,21H,3-5,8-9,11H2,1-2H3,(H,18,22). The van der Waals surface area contributed by atoms with Crippen LogP contribution < -0.4 is 10.2 Å². The molecule has 1 saturated carbocycles. The van der Waals surface area contributed by atoms with E-state index in [2.05, 4.69) is 23.3 Å². The van der Waals surface area contributed by atoms with Crippen LogP contribution >= 0.6 is 0 Å². The van der Waals surface area contributed by atoms with Crippen LogP contribution in [0, 0.1) is 5.92 Å². The Morgan fingerprint density at radius 1 is 1.45 bits per heavy atom. The Kier molecular flexibility index (Phi) is 4.25. The van der Waals surface area contributed by atoms with Crippen LogP contribution in [-0.2, 0) is 6.42 Å². The van der Waals surface area contributed by atoms with Gasteiger partial charge in [0.2, 0.25) is 0 Å². The number of fused-ring (bicyclic) bond motifs is 1. The van der Waals surface area contributed by atoms with Gasteiger partial charge in [-0.15, -0.1) is 0 Å². The molecule has 1 fully saturated rings. The lowest BCUT2D eigenvalue weighted by atomic mass is 10.1. The first-order valence-corrected chi connectivity index (χ1v) is 8.09. The molecule has 1 aromatic carbocycles. The largest absolute Gasteiger partial charge is 0.393 e. The number of nitrogens with one attached hydrogen (secondary N) is 1. The lowest BCUT2D eigenvalue weighted by Gasteiger charge is -2.24. The van der Waals surface area contributed by atoms with Crippen molar-refractivity contribution < 1.29 is 9.90 Å². The summed E-state index contributed by atoms with van der Waals surface area (Å²) < 4.78 is 0. The minimum atomic E-state index is -0.260. The molecule has 3 rings (SSSR count). The van der Waals surface area contributed by atoms with Crippen molar-refractivity contribution >= 4 is 17.4 Å².